The lowest BCUT2D eigenvalue weighted by atomic mass is 9.88. The monoisotopic (exact) mass is 417 g/mol. The van der Waals surface area contributed by atoms with Gasteiger partial charge >= 0.3 is 17.9 Å². The van der Waals surface area contributed by atoms with Gasteiger partial charge in [0.2, 0.25) is 0 Å². The van der Waals surface area contributed by atoms with Crippen LogP contribution < -0.4 is 0 Å². The second-order valence-electron chi connectivity index (χ2n) is 8.07. The summed E-state index contributed by atoms with van der Waals surface area (Å²) in [5, 5.41) is -2.17. The van der Waals surface area contributed by atoms with Gasteiger partial charge in [-0.05, 0) is 25.2 Å². The van der Waals surface area contributed by atoms with Crippen molar-refractivity contribution in [2.24, 2.45) is 23.7 Å². The normalized spacial score (nSPS) is 32.7. The molecule has 1 heterocycles. The SMILES string of the molecule is CCCC(C)COC(=O)CC(C(=O)OC1C2CC3C(=O)OC1C3C2)S(=O)(=O)[O-]. The second-order valence-corrected chi connectivity index (χ2v) is 9.62. The zero-order valence-corrected chi connectivity index (χ0v) is 16.7. The molecule has 0 aromatic heterocycles. The molecule has 10 heteroatoms. The molecular formula is C18H25O9S-. The molecule has 0 spiro atoms. The first kappa shape index (κ1) is 21.0. The molecule has 1 aliphatic heterocycles. The van der Waals surface area contributed by atoms with Gasteiger partial charge in [-0.25, -0.2) is 8.42 Å². The molecule has 3 aliphatic rings. The van der Waals surface area contributed by atoms with Crippen LogP contribution in [0.25, 0.3) is 0 Å². The van der Waals surface area contributed by atoms with Crippen LogP contribution in [0.1, 0.15) is 46.0 Å². The van der Waals surface area contributed by atoms with Gasteiger partial charge in [0.25, 0.3) is 0 Å². The summed E-state index contributed by atoms with van der Waals surface area (Å²) in [4.78, 5) is 36.1. The van der Waals surface area contributed by atoms with E-state index < -0.39 is 45.9 Å². The van der Waals surface area contributed by atoms with E-state index >= 15 is 0 Å². The van der Waals surface area contributed by atoms with Gasteiger partial charge in [-0.1, -0.05) is 20.3 Å². The van der Waals surface area contributed by atoms with Gasteiger partial charge < -0.3 is 18.8 Å². The highest BCUT2D eigenvalue weighted by atomic mass is 32.2. The molecule has 0 radical (unpaired) electrons. The average molecular weight is 417 g/mol. The summed E-state index contributed by atoms with van der Waals surface area (Å²) in [6.07, 6.45) is 0.636. The summed E-state index contributed by atoms with van der Waals surface area (Å²) in [6, 6.07) is 0. The third-order valence-corrected chi connectivity index (χ3v) is 7.00. The van der Waals surface area contributed by atoms with Crippen LogP contribution in [-0.2, 0) is 38.7 Å². The third-order valence-electron chi connectivity index (χ3n) is 5.94. The maximum Gasteiger partial charge on any atom is 0.324 e. The highest BCUT2D eigenvalue weighted by Gasteiger charge is 2.63. The van der Waals surface area contributed by atoms with Crippen molar-refractivity contribution in [3.63, 3.8) is 0 Å². The van der Waals surface area contributed by atoms with Crippen molar-refractivity contribution < 1.29 is 41.6 Å². The lowest BCUT2D eigenvalue weighted by Gasteiger charge is -2.27. The topological polar surface area (TPSA) is 136 Å². The molecule has 0 aromatic carbocycles. The maximum atomic E-state index is 12.4. The molecule has 9 nitrogen and oxygen atoms in total. The highest BCUT2D eigenvalue weighted by Crippen LogP contribution is 2.55. The second kappa shape index (κ2) is 7.98. The Hall–Kier alpha value is -1.68. The van der Waals surface area contributed by atoms with Gasteiger partial charge in [0, 0.05) is 11.8 Å². The Kier molecular flexibility index (Phi) is 6.00. The van der Waals surface area contributed by atoms with Crippen molar-refractivity contribution in [2.75, 3.05) is 6.61 Å². The predicted molar refractivity (Wildman–Crippen MR) is 92.6 cm³/mol. The van der Waals surface area contributed by atoms with Crippen LogP contribution in [0, 0.1) is 23.7 Å². The van der Waals surface area contributed by atoms with Crippen LogP contribution in [0.3, 0.4) is 0 Å². The van der Waals surface area contributed by atoms with Crippen molar-refractivity contribution in [1.82, 2.24) is 0 Å². The molecule has 158 valence electrons. The molecule has 7 unspecified atom stereocenters. The quantitative estimate of drug-likeness (QED) is 0.302. The van der Waals surface area contributed by atoms with E-state index in [1.54, 1.807) is 0 Å². The zero-order chi connectivity index (χ0) is 20.6. The number of hydrogen-bond acceptors (Lipinski definition) is 9. The minimum Gasteiger partial charge on any atom is -0.747 e. The molecule has 28 heavy (non-hydrogen) atoms. The molecule has 2 bridgehead atoms. The number of rotatable bonds is 9. The first-order valence-electron chi connectivity index (χ1n) is 9.63. The standard InChI is InChI=1S/C18H26O9S/c1-3-4-9(2)8-25-14(19)7-13(28(22,23)24)18(21)26-15-10-5-11-12(6-10)17(20)27-16(11)15/h9-13,15-16H,3-8H2,1-2H3,(H,22,23,24)/p-1. The van der Waals surface area contributed by atoms with Crippen LogP contribution in [-0.4, -0.2) is 54.9 Å². The van der Waals surface area contributed by atoms with E-state index in [1.807, 2.05) is 13.8 Å². The van der Waals surface area contributed by atoms with E-state index in [0.717, 1.165) is 12.8 Å². The number of ether oxygens (including phenoxy) is 3. The summed E-state index contributed by atoms with van der Waals surface area (Å²) in [5.74, 6) is -2.80. The number of esters is 3. The Bertz CT molecular complexity index is 746. The number of hydrogen-bond donors (Lipinski definition) is 0. The van der Waals surface area contributed by atoms with Crippen LogP contribution >= 0.6 is 0 Å². The molecular weight excluding hydrogens is 392 g/mol. The Morgan fingerprint density at radius 1 is 1.32 bits per heavy atom. The smallest absolute Gasteiger partial charge is 0.324 e. The Labute approximate surface area is 163 Å². The van der Waals surface area contributed by atoms with Crippen LogP contribution in [0.2, 0.25) is 0 Å². The maximum absolute atomic E-state index is 12.4. The van der Waals surface area contributed by atoms with Crippen LogP contribution in [0.15, 0.2) is 0 Å². The molecule has 0 aromatic rings. The number of carbonyl (C=O) groups is 3. The summed E-state index contributed by atoms with van der Waals surface area (Å²) >= 11 is 0. The van der Waals surface area contributed by atoms with Crippen LogP contribution in [0.4, 0.5) is 0 Å². The molecule has 0 amide bonds. The Balaban J connectivity index is 1.60. The molecule has 2 saturated carbocycles. The average Bonchev–Trinajstić information content (AvgIpc) is 3.22. The van der Waals surface area contributed by atoms with E-state index in [2.05, 4.69) is 0 Å². The van der Waals surface area contributed by atoms with Gasteiger partial charge in [-0.15, -0.1) is 0 Å². The first-order valence-corrected chi connectivity index (χ1v) is 11.1. The summed E-state index contributed by atoms with van der Waals surface area (Å²) in [5.41, 5.74) is 0. The van der Waals surface area contributed by atoms with Gasteiger partial charge in [0.05, 0.1) is 18.9 Å². The fourth-order valence-corrected chi connectivity index (χ4v) is 5.23. The lowest BCUT2D eigenvalue weighted by molar-refractivity contribution is -0.163. The van der Waals surface area contributed by atoms with Gasteiger partial charge in [0.15, 0.2) is 5.25 Å². The largest absolute Gasteiger partial charge is 0.747 e. The molecule has 3 rings (SSSR count). The summed E-state index contributed by atoms with van der Waals surface area (Å²) in [6.45, 7) is 3.94. The molecule has 7 atom stereocenters. The molecule has 2 aliphatic carbocycles. The number of carbonyl (C=O) groups excluding carboxylic acids is 3. The fourth-order valence-electron chi connectivity index (χ4n) is 4.60. The van der Waals surface area contributed by atoms with Gasteiger partial charge in [-0.3, -0.25) is 14.4 Å². The van der Waals surface area contributed by atoms with E-state index in [4.69, 9.17) is 14.2 Å². The fraction of sp³-hybridized carbons (Fsp3) is 0.833. The van der Waals surface area contributed by atoms with Gasteiger partial charge in [-0.2, -0.15) is 0 Å². The lowest BCUT2D eigenvalue weighted by Crippen LogP contribution is -2.42. The van der Waals surface area contributed by atoms with E-state index in [-0.39, 0.29) is 36.2 Å². The number of fused-ring (bicyclic) bond motifs is 1. The van der Waals surface area contributed by atoms with Crippen molar-refractivity contribution >= 4 is 28.0 Å². The van der Waals surface area contributed by atoms with Crippen molar-refractivity contribution in [3.05, 3.63) is 0 Å². The predicted octanol–water partition coefficient (Wildman–Crippen LogP) is 0.763. The third kappa shape index (κ3) is 4.17. The van der Waals surface area contributed by atoms with E-state index in [1.165, 1.54) is 0 Å². The van der Waals surface area contributed by atoms with Crippen molar-refractivity contribution in [2.45, 2.75) is 63.4 Å². The summed E-state index contributed by atoms with van der Waals surface area (Å²) < 4.78 is 50.2. The Morgan fingerprint density at radius 2 is 2.04 bits per heavy atom. The van der Waals surface area contributed by atoms with E-state index in [9.17, 15) is 27.4 Å². The highest BCUT2D eigenvalue weighted by molar-refractivity contribution is 7.87. The van der Waals surface area contributed by atoms with Crippen LogP contribution in [0.5, 0.6) is 0 Å². The Morgan fingerprint density at radius 3 is 2.68 bits per heavy atom. The molecule has 1 saturated heterocycles. The zero-order valence-electron chi connectivity index (χ0n) is 15.9. The van der Waals surface area contributed by atoms with Crippen molar-refractivity contribution in [3.8, 4) is 0 Å². The molecule has 3 fully saturated rings. The van der Waals surface area contributed by atoms with Crippen molar-refractivity contribution in [1.29, 1.82) is 0 Å². The minimum absolute atomic E-state index is 0.0392. The minimum atomic E-state index is -5.12. The van der Waals surface area contributed by atoms with Gasteiger partial charge in [0.1, 0.15) is 22.3 Å². The molecule has 0 N–H and O–H groups in total. The summed E-state index contributed by atoms with van der Waals surface area (Å²) in [7, 11) is -5.12. The first-order chi connectivity index (χ1) is 13.1. The van der Waals surface area contributed by atoms with E-state index in [0.29, 0.717) is 12.8 Å².